The molecule has 0 aliphatic heterocycles. The third-order valence-corrected chi connectivity index (χ3v) is 3.38. The van der Waals surface area contributed by atoms with Gasteiger partial charge in [-0.2, -0.15) is 5.10 Å². The summed E-state index contributed by atoms with van der Waals surface area (Å²) < 4.78 is 13.6. The minimum Gasteiger partial charge on any atom is -0.407 e. The molecule has 21 heavy (non-hydrogen) atoms. The van der Waals surface area contributed by atoms with Gasteiger partial charge in [-0.1, -0.05) is 6.92 Å². The second-order valence-corrected chi connectivity index (χ2v) is 5.45. The highest BCUT2D eigenvalue weighted by molar-refractivity contribution is 6.61. The van der Waals surface area contributed by atoms with Crippen molar-refractivity contribution in [3.8, 4) is 5.69 Å². The van der Waals surface area contributed by atoms with Crippen LogP contribution >= 0.6 is 0 Å². The highest BCUT2D eigenvalue weighted by Crippen LogP contribution is 2.15. The Morgan fingerprint density at radius 2 is 2.10 bits per heavy atom. The molecule has 0 aliphatic carbocycles. The molecule has 0 aromatic carbocycles. The Bertz CT molecular complexity index is 557. The maximum Gasteiger partial charge on any atom is 0.497 e. The largest absolute Gasteiger partial charge is 0.497 e. The maximum absolute atomic E-state index is 6.07. The van der Waals surface area contributed by atoms with E-state index in [1.165, 1.54) is 0 Å². The first-order valence-electron chi connectivity index (χ1n) is 7.30. The first-order valence-corrected chi connectivity index (χ1v) is 7.30. The molecule has 0 bridgehead atoms. The van der Waals surface area contributed by atoms with E-state index in [1.54, 1.807) is 23.3 Å². The lowest BCUT2D eigenvalue weighted by atomic mass is 9.79. The number of hydrogen-bond acceptors (Lipinski definition) is 4. The minimum absolute atomic E-state index is 0.240. The van der Waals surface area contributed by atoms with Crippen LogP contribution in [0.15, 0.2) is 36.9 Å². The quantitative estimate of drug-likeness (QED) is 0.733. The summed E-state index contributed by atoms with van der Waals surface area (Å²) in [5.41, 5.74) is 1.58. The molecule has 112 valence electrons. The SMILES string of the molecule is CCOB(OC(C)(C)CC)c1cnn(-c2cccnc2)c1. The van der Waals surface area contributed by atoms with Gasteiger partial charge in [0.15, 0.2) is 0 Å². The Kier molecular flexibility index (Phi) is 5.14. The van der Waals surface area contributed by atoms with Gasteiger partial charge in [0.2, 0.25) is 0 Å². The lowest BCUT2D eigenvalue weighted by molar-refractivity contribution is 0.0706. The van der Waals surface area contributed by atoms with Crippen LogP contribution in [0.25, 0.3) is 5.69 Å². The van der Waals surface area contributed by atoms with Crippen molar-refractivity contribution in [2.45, 2.75) is 39.7 Å². The van der Waals surface area contributed by atoms with Gasteiger partial charge in [-0.05, 0) is 39.3 Å². The molecule has 6 heteroatoms. The van der Waals surface area contributed by atoms with Crippen LogP contribution in [-0.4, -0.2) is 34.1 Å². The summed E-state index contributed by atoms with van der Waals surface area (Å²) in [6, 6.07) is 3.84. The van der Waals surface area contributed by atoms with E-state index in [4.69, 9.17) is 9.31 Å². The highest BCUT2D eigenvalue weighted by atomic mass is 16.6. The van der Waals surface area contributed by atoms with E-state index in [9.17, 15) is 0 Å². The molecular weight excluding hydrogens is 265 g/mol. The Hall–Kier alpha value is -1.66. The van der Waals surface area contributed by atoms with Gasteiger partial charge in [-0.25, -0.2) is 4.68 Å². The van der Waals surface area contributed by atoms with Crippen LogP contribution in [0, 0.1) is 0 Å². The van der Waals surface area contributed by atoms with Crippen molar-refractivity contribution < 1.29 is 9.31 Å². The van der Waals surface area contributed by atoms with Gasteiger partial charge < -0.3 is 9.31 Å². The molecule has 0 unspecified atom stereocenters. The van der Waals surface area contributed by atoms with Crippen LogP contribution in [0.3, 0.4) is 0 Å². The molecule has 0 spiro atoms. The molecule has 0 saturated heterocycles. The summed E-state index contributed by atoms with van der Waals surface area (Å²) in [4.78, 5) is 4.10. The molecule has 0 amide bonds. The average Bonchev–Trinajstić information content (AvgIpc) is 2.97. The van der Waals surface area contributed by atoms with Crippen LogP contribution in [0.2, 0.25) is 0 Å². The Morgan fingerprint density at radius 3 is 2.71 bits per heavy atom. The maximum atomic E-state index is 6.07. The molecule has 0 aliphatic rings. The normalized spacial score (nSPS) is 11.6. The van der Waals surface area contributed by atoms with Gasteiger partial charge in [0.05, 0.1) is 11.9 Å². The topological polar surface area (TPSA) is 49.2 Å². The van der Waals surface area contributed by atoms with Crippen molar-refractivity contribution in [1.29, 1.82) is 0 Å². The smallest absolute Gasteiger partial charge is 0.407 e. The lowest BCUT2D eigenvalue weighted by Gasteiger charge is -2.27. The van der Waals surface area contributed by atoms with Crippen molar-refractivity contribution in [3.63, 3.8) is 0 Å². The van der Waals surface area contributed by atoms with E-state index >= 15 is 0 Å². The first kappa shape index (κ1) is 15.7. The van der Waals surface area contributed by atoms with E-state index < -0.39 is 7.12 Å². The highest BCUT2D eigenvalue weighted by Gasteiger charge is 2.30. The number of nitrogens with zero attached hydrogens (tertiary/aromatic N) is 3. The number of rotatable bonds is 7. The van der Waals surface area contributed by atoms with E-state index in [2.05, 4.69) is 30.9 Å². The van der Waals surface area contributed by atoms with Crippen LogP contribution in [-0.2, 0) is 9.31 Å². The molecular formula is C15H22BN3O2. The van der Waals surface area contributed by atoms with Gasteiger partial charge >= 0.3 is 7.12 Å². The third-order valence-electron chi connectivity index (χ3n) is 3.38. The molecule has 0 atom stereocenters. The van der Waals surface area contributed by atoms with Crippen molar-refractivity contribution in [3.05, 3.63) is 36.9 Å². The minimum atomic E-state index is -0.407. The van der Waals surface area contributed by atoms with Gasteiger partial charge in [-0.15, -0.1) is 0 Å². The van der Waals surface area contributed by atoms with E-state index in [-0.39, 0.29) is 5.60 Å². The fourth-order valence-electron chi connectivity index (χ4n) is 1.81. The molecule has 0 N–H and O–H groups in total. The third kappa shape index (κ3) is 4.15. The fraction of sp³-hybridized carbons (Fsp3) is 0.467. The van der Waals surface area contributed by atoms with Crippen molar-refractivity contribution in [2.75, 3.05) is 6.61 Å². The molecule has 2 aromatic rings. The molecule has 2 aromatic heterocycles. The summed E-state index contributed by atoms with van der Waals surface area (Å²) in [5.74, 6) is 0. The average molecular weight is 287 g/mol. The molecule has 0 radical (unpaired) electrons. The predicted molar refractivity (Wildman–Crippen MR) is 83.8 cm³/mol. The summed E-state index contributed by atoms with van der Waals surface area (Å²) in [6.45, 7) is 8.76. The van der Waals surface area contributed by atoms with E-state index in [0.717, 1.165) is 17.6 Å². The monoisotopic (exact) mass is 287 g/mol. The van der Waals surface area contributed by atoms with Crippen LogP contribution in [0.1, 0.15) is 34.1 Å². The summed E-state index contributed by atoms with van der Waals surface area (Å²) in [5, 5.41) is 4.36. The number of hydrogen-bond donors (Lipinski definition) is 0. The van der Waals surface area contributed by atoms with Crippen molar-refractivity contribution >= 4 is 12.6 Å². The van der Waals surface area contributed by atoms with E-state index in [0.29, 0.717) is 6.61 Å². The molecule has 2 heterocycles. The number of pyridine rings is 1. The standard InChI is InChI=1S/C15H22BN3O2/c1-5-15(3,4)21-16(20-6-2)13-10-18-19(12-13)14-8-7-9-17-11-14/h7-12H,5-6H2,1-4H3. The van der Waals surface area contributed by atoms with Gasteiger partial charge in [0.1, 0.15) is 0 Å². The van der Waals surface area contributed by atoms with Gasteiger partial charge in [-0.3, -0.25) is 4.98 Å². The van der Waals surface area contributed by atoms with Crippen molar-refractivity contribution in [2.24, 2.45) is 0 Å². The van der Waals surface area contributed by atoms with Gasteiger partial charge in [0.25, 0.3) is 0 Å². The summed E-state index contributed by atoms with van der Waals surface area (Å²) in [6.07, 6.45) is 8.11. The fourth-order valence-corrected chi connectivity index (χ4v) is 1.81. The molecule has 5 nitrogen and oxygen atoms in total. The second-order valence-electron chi connectivity index (χ2n) is 5.45. The molecule has 2 rings (SSSR count). The molecule has 0 saturated carbocycles. The summed E-state index contributed by atoms with van der Waals surface area (Å²) in [7, 11) is -0.407. The lowest BCUT2D eigenvalue weighted by Crippen LogP contribution is -2.43. The van der Waals surface area contributed by atoms with Crippen molar-refractivity contribution in [1.82, 2.24) is 14.8 Å². The zero-order chi connectivity index (χ0) is 15.3. The van der Waals surface area contributed by atoms with Crippen LogP contribution < -0.4 is 5.46 Å². The predicted octanol–water partition coefficient (Wildman–Crippen LogP) is 2.20. The Balaban J connectivity index is 2.20. The Labute approximate surface area is 126 Å². The second kappa shape index (κ2) is 6.87. The number of aromatic nitrogens is 3. The van der Waals surface area contributed by atoms with E-state index in [1.807, 2.05) is 25.3 Å². The Morgan fingerprint density at radius 1 is 1.29 bits per heavy atom. The van der Waals surface area contributed by atoms with Crippen LogP contribution in [0.4, 0.5) is 0 Å². The molecule has 0 fully saturated rings. The first-order chi connectivity index (χ1) is 10.1. The zero-order valence-electron chi connectivity index (χ0n) is 13.1. The van der Waals surface area contributed by atoms with Gasteiger partial charge in [0, 0.05) is 36.3 Å². The van der Waals surface area contributed by atoms with Crippen LogP contribution in [0.5, 0.6) is 0 Å². The zero-order valence-corrected chi connectivity index (χ0v) is 13.1. The summed E-state index contributed by atoms with van der Waals surface area (Å²) >= 11 is 0.